The van der Waals surface area contributed by atoms with Crippen molar-refractivity contribution in [1.29, 1.82) is 0 Å². The second-order valence-electron chi connectivity index (χ2n) is 6.63. The van der Waals surface area contributed by atoms with E-state index in [4.69, 9.17) is 9.47 Å². The van der Waals surface area contributed by atoms with E-state index in [2.05, 4.69) is 6.07 Å². The SMILES string of the molecule is O=C(c1ccc([C@@H]2CCCO2)s1)N1CCC2(CCCO2)CC1. The summed E-state index contributed by atoms with van der Waals surface area (Å²) >= 11 is 1.61. The maximum absolute atomic E-state index is 12.7. The van der Waals surface area contributed by atoms with Crippen LogP contribution < -0.4 is 0 Å². The van der Waals surface area contributed by atoms with Crippen molar-refractivity contribution >= 4 is 17.2 Å². The lowest BCUT2D eigenvalue weighted by atomic mass is 9.88. The normalized spacial score (nSPS) is 27.6. The van der Waals surface area contributed by atoms with Gasteiger partial charge in [-0.1, -0.05) is 0 Å². The standard InChI is InChI=1S/C17H23NO3S/c19-16(15-5-4-14(22-15)13-3-1-11-20-13)18-9-7-17(8-10-18)6-2-12-21-17/h4-5,13H,1-3,6-12H2/t13-/m0/s1. The van der Waals surface area contributed by atoms with E-state index in [0.29, 0.717) is 0 Å². The molecule has 1 atom stereocenters. The number of carbonyl (C=O) groups is 1. The van der Waals surface area contributed by atoms with Gasteiger partial charge in [0.2, 0.25) is 0 Å². The molecule has 3 fully saturated rings. The van der Waals surface area contributed by atoms with Crippen molar-refractivity contribution < 1.29 is 14.3 Å². The number of likely N-dealkylation sites (tertiary alicyclic amines) is 1. The number of ether oxygens (including phenoxy) is 2. The predicted octanol–water partition coefficient (Wildman–Crippen LogP) is 3.38. The van der Waals surface area contributed by atoms with Gasteiger partial charge in [0.25, 0.3) is 5.91 Å². The number of amides is 1. The fourth-order valence-electron chi connectivity index (χ4n) is 3.87. The van der Waals surface area contributed by atoms with Crippen LogP contribution in [0.3, 0.4) is 0 Å². The highest BCUT2D eigenvalue weighted by molar-refractivity contribution is 7.14. The molecule has 0 N–H and O–H groups in total. The Bertz CT molecular complexity index is 534. The van der Waals surface area contributed by atoms with Gasteiger partial charge in [-0.2, -0.15) is 0 Å². The van der Waals surface area contributed by atoms with Crippen LogP contribution in [0.15, 0.2) is 12.1 Å². The van der Waals surface area contributed by atoms with Crippen molar-refractivity contribution in [2.24, 2.45) is 0 Å². The van der Waals surface area contributed by atoms with Crippen LogP contribution in [-0.2, 0) is 9.47 Å². The third-order valence-electron chi connectivity index (χ3n) is 5.23. The lowest BCUT2D eigenvalue weighted by molar-refractivity contribution is -0.0386. The number of rotatable bonds is 2. The molecule has 120 valence electrons. The molecule has 0 unspecified atom stereocenters. The molecule has 1 aromatic heterocycles. The molecule has 3 aliphatic rings. The Labute approximate surface area is 135 Å². The fraction of sp³-hybridized carbons (Fsp3) is 0.706. The Hall–Kier alpha value is -0.910. The molecule has 4 rings (SSSR count). The molecular weight excluding hydrogens is 298 g/mol. The minimum Gasteiger partial charge on any atom is -0.375 e. The lowest BCUT2D eigenvalue weighted by Gasteiger charge is -2.38. The van der Waals surface area contributed by atoms with E-state index in [1.165, 1.54) is 11.3 Å². The Balaban J connectivity index is 1.39. The topological polar surface area (TPSA) is 38.8 Å². The number of hydrogen-bond donors (Lipinski definition) is 0. The quantitative estimate of drug-likeness (QED) is 0.838. The minimum absolute atomic E-state index is 0.0784. The number of hydrogen-bond acceptors (Lipinski definition) is 4. The molecule has 0 bridgehead atoms. The Morgan fingerprint density at radius 3 is 2.73 bits per heavy atom. The molecule has 3 aliphatic heterocycles. The van der Waals surface area contributed by atoms with Gasteiger partial charge < -0.3 is 14.4 Å². The van der Waals surface area contributed by atoms with Gasteiger partial charge in [-0.3, -0.25) is 4.79 Å². The van der Waals surface area contributed by atoms with Crippen LogP contribution in [0.4, 0.5) is 0 Å². The van der Waals surface area contributed by atoms with Crippen molar-refractivity contribution in [2.45, 2.75) is 50.2 Å². The smallest absolute Gasteiger partial charge is 0.263 e. The van der Waals surface area contributed by atoms with Gasteiger partial charge in [-0.05, 0) is 50.7 Å². The fourth-order valence-corrected chi connectivity index (χ4v) is 4.93. The first-order valence-corrected chi connectivity index (χ1v) is 9.22. The van der Waals surface area contributed by atoms with E-state index in [9.17, 15) is 4.79 Å². The molecule has 1 spiro atoms. The summed E-state index contributed by atoms with van der Waals surface area (Å²) in [5.74, 6) is 0.182. The van der Waals surface area contributed by atoms with Crippen molar-refractivity contribution in [3.05, 3.63) is 21.9 Å². The van der Waals surface area contributed by atoms with Crippen LogP contribution in [0.5, 0.6) is 0 Å². The Morgan fingerprint density at radius 1 is 1.18 bits per heavy atom. The maximum Gasteiger partial charge on any atom is 0.263 e. The number of carbonyl (C=O) groups excluding carboxylic acids is 1. The summed E-state index contributed by atoms with van der Waals surface area (Å²) in [5, 5.41) is 0. The zero-order chi connectivity index (χ0) is 15.0. The van der Waals surface area contributed by atoms with E-state index in [-0.39, 0.29) is 17.6 Å². The third kappa shape index (κ3) is 2.70. The second kappa shape index (κ2) is 5.95. The van der Waals surface area contributed by atoms with E-state index in [1.807, 2.05) is 11.0 Å². The molecule has 0 aliphatic carbocycles. The van der Waals surface area contributed by atoms with Crippen molar-refractivity contribution in [3.8, 4) is 0 Å². The average molecular weight is 321 g/mol. The number of piperidine rings is 1. The van der Waals surface area contributed by atoms with Crippen molar-refractivity contribution in [2.75, 3.05) is 26.3 Å². The largest absolute Gasteiger partial charge is 0.375 e. The van der Waals surface area contributed by atoms with Gasteiger partial charge in [-0.15, -0.1) is 11.3 Å². The highest BCUT2D eigenvalue weighted by Crippen LogP contribution is 2.37. The summed E-state index contributed by atoms with van der Waals surface area (Å²) in [4.78, 5) is 16.7. The highest BCUT2D eigenvalue weighted by atomic mass is 32.1. The van der Waals surface area contributed by atoms with Gasteiger partial charge in [0, 0.05) is 31.2 Å². The highest BCUT2D eigenvalue weighted by Gasteiger charge is 2.39. The van der Waals surface area contributed by atoms with Crippen LogP contribution >= 0.6 is 11.3 Å². The van der Waals surface area contributed by atoms with Gasteiger partial charge in [0.1, 0.15) is 0 Å². The first-order valence-electron chi connectivity index (χ1n) is 8.40. The van der Waals surface area contributed by atoms with Gasteiger partial charge in [-0.25, -0.2) is 0 Å². The Morgan fingerprint density at radius 2 is 2.05 bits per heavy atom. The van der Waals surface area contributed by atoms with Crippen molar-refractivity contribution in [1.82, 2.24) is 4.90 Å². The summed E-state index contributed by atoms with van der Waals surface area (Å²) in [6.45, 7) is 3.39. The van der Waals surface area contributed by atoms with E-state index >= 15 is 0 Å². The molecule has 5 heteroatoms. The van der Waals surface area contributed by atoms with Gasteiger partial charge >= 0.3 is 0 Å². The van der Waals surface area contributed by atoms with Crippen molar-refractivity contribution in [3.63, 3.8) is 0 Å². The molecule has 0 aromatic carbocycles. The number of thiophene rings is 1. The first-order chi connectivity index (χ1) is 10.8. The molecule has 0 radical (unpaired) electrons. The molecule has 22 heavy (non-hydrogen) atoms. The molecule has 4 nitrogen and oxygen atoms in total. The van der Waals surface area contributed by atoms with E-state index < -0.39 is 0 Å². The summed E-state index contributed by atoms with van der Waals surface area (Å²) in [6.07, 6.45) is 6.73. The van der Waals surface area contributed by atoms with E-state index in [1.54, 1.807) is 11.3 Å². The zero-order valence-electron chi connectivity index (χ0n) is 12.9. The van der Waals surface area contributed by atoms with Gasteiger partial charge in [0.15, 0.2) is 0 Å². The summed E-state index contributed by atoms with van der Waals surface area (Å²) in [6, 6.07) is 4.04. The van der Waals surface area contributed by atoms with E-state index in [0.717, 1.165) is 63.3 Å². The second-order valence-corrected chi connectivity index (χ2v) is 7.75. The average Bonchev–Trinajstić information content (AvgIpc) is 3.29. The molecule has 0 saturated carbocycles. The molecule has 1 aromatic rings. The van der Waals surface area contributed by atoms with Crippen LogP contribution in [0.25, 0.3) is 0 Å². The van der Waals surface area contributed by atoms with Crippen LogP contribution in [0.2, 0.25) is 0 Å². The summed E-state index contributed by atoms with van der Waals surface area (Å²) in [5.41, 5.74) is 0.0784. The Kier molecular flexibility index (Phi) is 3.96. The summed E-state index contributed by atoms with van der Waals surface area (Å²) in [7, 11) is 0. The molecular formula is C17H23NO3S. The predicted molar refractivity (Wildman–Crippen MR) is 85.3 cm³/mol. The number of nitrogens with zero attached hydrogens (tertiary/aromatic N) is 1. The van der Waals surface area contributed by atoms with Crippen LogP contribution in [0.1, 0.15) is 59.2 Å². The van der Waals surface area contributed by atoms with Gasteiger partial charge in [0.05, 0.1) is 16.6 Å². The first kappa shape index (κ1) is 14.7. The molecule has 4 heterocycles. The molecule has 3 saturated heterocycles. The minimum atomic E-state index is 0.0784. The lowest BCUT2D eigenvalue weighted by Crippen LogP contribution is -2.46. The monoisotopic (exact) mass is 321 g/mol. The zero-order valence-corrected chi connectivity index (χ0v) is 13.7. The summed E-state index contributed by atoms with van der Waals surface area (Å²) < 4.78 is 11.6. The van der Waals surface area contributed by atoms with Crippen LogP contribution in [-0.4, -0.2) is 42.7 Å². The van der Waals surface area contributed by atoms with Crippen LogP contribution in [0, 0.1) is 0 Å². The third-order valence-corrected chi connectivity index (χ3v) is 6.40. The molecule has 1 amide bonds. The maximum atomic E-state index is 12.7.